The molecule has 0 unspecified atom stereocenters. The number of hydrogen-bond acceptors (Lipinski definition) is 3. The maximum atomic E-state index is 12.2. The average molecular weight is 285 g/mol. The molecule has 0 aliphatic carbocycles. The third kappa shape index (κ3) is 2.92. The number of carbonyl (C=O) groups excluding carboxylic acids is 2. The van der Waals surface area contributed by atoms with Crippen LogP contribution in [-0.2, 0) is 4.79 Å². The topological polar surface area (TPSA) is 53.8 Å². The highest BCUT2D eigenvalue weighted by atomic mass is 35.5. The van der Waals surface area contributed by atoms with Crippen molar-refractivity contribution in [2.24, 2.45) is 5.92 Å². The summed E-state index contributed by atoms with van der Waals surface area (Å²) in [5.74, 6) is -0.0191. The maximum absolute atomic E-state index is 12.2. The zero-order valence-electron chi connectivity index (χ0n) is 11.1. The second kappa shape index (κ2) is 5.65. The van der Waals surface area contributed by atoms with E-state index in [2.05, 4.69) is 0 Å². The van der Waals surface area contributed by atoms with E-state index in [0.717, 1.165) is 0 Å². The van der Waals surface area contributed by atoms with E-state index in [-0.39, 0.29) is 23.0 Å². The molecule has 2 amide bonds. The van der Waals surface area contributed by atoms with Gasteiger partial charge in [0.25, 0.3) is 5.91 Å². The minimum atomic E-state index is -0.143. The summed E-state index contributed by atoms with van der Waals surface area (Å²) in [6, 6.07) is 1.57. The zero-order valence-corrected chi connectivity index (χ0v) is 11.8. The third-order valence-corrected chi connectivity index (χ3v) is 3.51. The molecule has 1 fully saturated rings. The normalized spacial score (nSPS) is 16.0. The number of piperazine rings is 1. The van der Waals surface area contributed by atoms with E-state index in [1.54, 1.807) is 15.9 Å². The van der Waals surface area contributed by atoms with Crippen LogP contribution in [0.1, 0.15) is 24.2 Å². The molecule has 0 radical (unpaired) electrons. The van der Waals surface area contributed by atoms with Crippen LogP contribution >= 0.6 is 11.6 Å². The Bertz CT molecular complexity index is 476. The number of furan rings is 1. The fraction of sp³-hybridized carbons (Fsp3) is 0.538. The lowest BCUT2D eigenvalue weighted by Gasteiger charge is -2.35. The van der Waals surface area contributed by atoms with Crippen LogP contribution in [0.4, 0.5) is 0 Å². The van der Waals surface area contributed by atoms with Crippen molar-refractivity contribution in [3.8, 4) is 0 Å². The molecule has 0 N–H and O–H groups in total. The van der Waals surface area contributed by atoms with Crippen molar-refractivity contribution in [3.63, 3.8) is 0 Å². The van der Waals surface area contributed by atoms with Gasteiger partial charge in [0.1, 0.15) is 0 Å². The van der Waals surface area contributed by atoms with E-state index in [9.17, 15) is 9.59 Å². The smallest absolute Gasteiger partial charge is 0.258 e. The summed E-state index contributed by atoms with van der Waals surface area (Å²) >= 11 is 5.80. The molecule has 104 valence electrons. The van der Waals surface area contributed by atoms with E-state index in [4.69, 9.17) is 16.0 Å². The van der Waals surface area contributed by atoms with Gasteiger partial charge in [0.05, 0.1) is 11.8 Å². The Balaban J connectivity index is 1.95. The molecule has 0 saturated carbocycles. The van der Waals surface area contributed by atoms with Crippen LogP contribution in [-0.4, -0.2) is 47.8 Å². The van der Waals surface area contributed by atoms with Crippen LogP contribution in [0, 0.1) is 5.92 Å². The molecular weight excluding hydrogens is 268 g/mol. The van der Waals surface area contributed by atoms with Gasteiger partial charge in [0, 0.05) is 32.1 Å². The number of rotatable bonds is 2. The number of halogens is 1. The van der Waals surface area contributed by atoms with Gasteiger partial charge in [0.2, 0.25) is 11.1 Å². The molecule has 5 nitrogen and oxygen atoms in total. The minimum absolute atomic E-state index is 0.00873. The first-order valence-electron chi connectivity index (χ1n) is 6.31. The van der Waals surface area contributed by atoms with E-state index in [1.807, 2.05) is 13.8 Å². The van der Waals surface area contributed by atoms with Crippen LogP contribution < -0.4 is 0 Å². The first-order chi connectivity index (χ1) is 9.00. The van der Waals surface area contributed by atoms with Gasteiger partial charge in [-0.15, -0.1) is 0 Å². The molecular formula is C13H17ClN2O3. The third-order valence-electron chi connectivity index (χ3n) is 3.22. The molecule has 1 aliphatic heterocycles. The van der Waals surface area contributed by atoms with Gasteiger partial charge in [0.15, 0.2) is 0 Å². The molecule has 0 aromatic carbocycles. The quantitative estimate of drug-likeness (QED) is 0.833. The molecule has 2 heterocycles. The predicted octanol–water partition coefficient (Wildman–Crippen LogP) is 1.87. The molecule has 1 aliphatic rings. The van der Waals surface area contributed by atoms with Gasteiger partial charge in [-0.05, 0) is 17.7 Å². The first-order valence-corrected chi connectivity index (χ1v) is 6.69. The molecule has 1 aromatic heterocycles. The Morgan fingerprint density at radius 3 is 2.26 bits per heavy atom. The van der Waals surface area contributed by atoms with Crippen molar-refractivity contribution in [2.45, 2.75) is 13.8 Å². The summed E-state index contributed by atoms with van der Waals surface area (Å²) in [5.41, 5.74) is 0.380. The lowest BCUT2D eigenvalue weighted by atomic mass is 10.1. The van der Waals surface area contributed by atoms with Crippen molar-refractivity contribution < 1.29 is 14.0 Å². The standard InChI is InChI=1S/C13H17ClN2O3/c1-9(2)12(17)15-4-6-16(7-5-15)13(18)10-3-8-19-11(10)14/h3,8-9H,4-7H2,1-2H3. The van der Waals surface area contributed by atoms with Crippen LogP contribution in [0.5, 0.6) is 0 Å². The van der Waals surface area contributed by atoms with Gasteiger partial charge in [-0.1, -0.05) is 13.8 Å². The van der Waals surface area contributed by atoms with Crippen molar-refractivity contribution in [2.75, 3.05) is 26.2 Å². The fourth-order valence-electron chi connectivity index (χ4n) is 2.11. The molecule has 19 heavy (non-hydrogen) atoms. The maximum Gasteiger partial charge on any atom is 0.258 e. The van der Waals surface area contributed by atoms with Crippen molar-refractivity contribution in [1.82, 2.24) is 9.80 Å². The van der Waals surface area contributed by atoms with Crippen LogP contribution in [0.15, 0.2) is 16.7 Å². The number of carbonyl (C=O) groups is 2. The highest BCUT2D eigenvalue weighted by molar-refractivity contribution is 6.32. The van der Waals surface area contributed by atoms with Crippen LogP contribution in [0.25, 0.3) is 0 Å². The second-order valence-corrected chi connectivity index (χ2v) is 5.22. The van der Waals surface area contributed by atoms with Gasteiger partial charge >= 0.3 is 0 Å². The summed E-state index contributed by atoms with van der Waals surface area (Å²) in [7, 11) is 0. The Hall–Kier alpha value is -1.49. The van der Waals surface area contributed by atoms with Crippen molar-refractivity contribution in [3.05, 3.63) is 23.1 Å². The van der Waals surface area contributed by atoms with Gasteiger partial charge in [-0.3, -0.25) is 9.59 Å². The monoisotopic (exact) mass is 284 g/mol. The average Bonchev–Trinajstić information content (AvgIpc) is 2.83. The van der Waals surface area contributed by atoms with Gasteiger partial charge in [-0.2, -0.15) is 0 Å². The molecule has 0 bridgehead atoms. The summed E-state index contributed by atoms with van der Waals surface area (Å²) in [4.78, 5) is 27.5. The highest BCUT2D eigenvalue weighted by Crippen LogP contribution is 2.19. The summed E-state index contributed by atoms with van der Waals surface area (Å²) in [6.07, 6.45) is 1.40. The molecule has 2 rings (SSSR count). The van der Waals surface area contributed by atoms with E-state index in [1.165, 1.54) is 6.26 Å². The number of hydrogen-bond donors (Lipinski definition) is 0. The minimum Gasteiger partial charge on any atom is -0.452 e. The zero-order chi connectivity index (χ0) is 14.0. The van der Waals surface area contributed by atoms with Gasteiger partial charge < -0.3 is 14.2 Å². The second-order valence-electron chi connectivity index (χ2n) is 4.88. The van der Waals surface area contributed by atoms with Crippen LogP contribution in [0.3, 0.4) is 0 Å². The molecule has 0 spiro atoms. The number of nitrogens with zero attached hydrogens (tertiary/aromatic N) is 2. The van der Waals surface area contributed by atoms with E-state index in [0.29, 0.717) is 31.7 Å². The Morgan fingerprint density at radius 2 is 1.79 bits per heavy atom. The Morgan fingerprint density at radius 1 is 1.21 bits per heavy atom. The van der Waals surface area contributed by atoms with E-state index < -0.39 is 0 Å². The van der Waals surface area contributed by atoms with Crippen molar-refractivity contribution >= 4 is 23.4 Å². The summed E-state index contributed by atoms with van der Waals surface area (Å²) < 4.78 is 4.92. The molecule has 1 saturated heterocycles. The fourth-order valence-corrected chi connectivity index (χ4v) is 2.31. The van der Waals surface area contributed by atoms with Gasteiger partial charge in [-0.25, -0.2) is 0 Å². The largest absolute Gasteiger partial charge is 0.452 e. The lowest BCUT2D eigenvalue weighted by molar-refractivity contribution is -0.135. The molecule has 6 heteroatoms. The Labute approximate surface area is 117 Å². The predicted molar refractivity (Wildman–Crippen MR) is 71.0 cm³/mol. The SMILES string of the molecule is CC(C)C(=O)N1CCN(C(=O)c2ccoc2Cl)CC1. The Kier molecular flexibility index (Phi) is 4.14. The number of amides is 2. The lowest BCUT2D eigenvalue weighted by Crippen LogP contribution is -2.51. The van der Waals surface area contributed by atoms with Crippen LogP contribution in [0.2, 0.25) is 5.22 Å². The summed E-state index contributed by atoms with van der Waals surface area (Å²) in [6.45, 7) is 5.95. The first kappa shape index (κ1) is 13.9. The van der Waals surface area contributed by atoms with E-state index >= 15 is 0 Å². The highest BCUT2D eigenvalue weighted by Gasteiger charge is 2.27. The molecule has 1 aromatic rings. The summed E-state index contributed by atoms with van der Waals surface area (Å²) in [5, 5.41) is 0.116. The van der Waals surface area contributed by atoms with Crippen molar-refractivity contribution in [1.29, 1.82) is 0 Å². The molecule has 0 atom stereocenters.